The number of anilines is 1. The number of hydrazone groups is 1. The average Bonchev–Trinajstić information content (AvgIpc) is 2.49. The molecule has 8 nitrogen and oxygen atoms in total. The van der Waals surface area contributed by atoms with Gasteiger partial charge in [0, 0.05) is 34.9 Å². The summed E-state index contributed by atoms with van der Waals surface area (Å²) >= 11 is 5.92. The summed E-state index contributed by atoms with van der Waals surface area (Å²) in [6, 6.07) is 9.64. The van der Waals surface area contributed by atoms with Crippen LogP contribution < -0.4 is 5.43 Å². The Bertz CT molecular complexity index is 746. The molecule has 112 valence electrons. The van der Waals surface area contributed by atoms with Crippen molar-refractivity contribution in [3.63, 3.8) is 0 Å². The number of nitro benzene ring substituents is 2. The van der Waals surface area contributed by atoms with Gasteiger partial charge in [0.05, 0.1) is 21.7 Å². The van der Waals surface area contributed by atoms with Gasteiger partial charge in [0.25, 0.3) is 11.4 Å². The second-order valence-corrected chi connectivity index (χ2v) is 4.54. The number of rotatable bonds is 5. The molecule has 0 radical (unpaired) electrons. The number of nitro groups is 2. The lowest BCUT2D eigenvalue weighted by molar-refractivity contribution is -0.385. The molecule has 2 aromatic carbocycles. The molecule has 2 aromatic rings. The fraction of sp³-hybridized carbons (Fsp3) is 0. The van der Waals surface area contributed by atoms with Gasteiger partial charge in [0.15, 0.2) is 0 Å². The van der Waals surface area contributed by atoms with E-state index >= 15 is 0 Å². The van der Waals surface area contributed by atoms with E-state index in [0.717, 1.165) is 0 Å². The highest BCUT2D eigenvalue weighted by molar-refractivity contribution is 6.33. The van der Waals surface area contributed by atoms with Crippen molar-refractivity contribution >= 4 is 34.9 Å². The molecule has 22 heavy (non-hydrogen) atoms. The van der Waals surface area contributed by atoms with Crippen LogP contribution in [-0.4, -0.2) is 16.1 Å². The first-order valence-electron chi connectivity index (χ1n) is 5.95. The Morgan fingerprint density at radius 1 is 1.00 bits per heavy atom. The topological polar surface area (TPSA) is 111 Å². The first-order valence-corrected chi connectivity index (χ1v) is 6.32. The van der Waals surface area contributed by atoms with Crippen LogP contribution in [0.2, 0.25) is 5.02 Å². The van der Waals surface area contributed by atoms with Gasteiger partial charge in [-0.15, -0.1) is 0 Å². The summed E-state index contributed by atoms with van der Waals surface area (Å²) in [5.74, 6) is 0. The van der Waals surface area contributed by atoms with Crippen molar-refractivity contribution in [3.8, 4) is 0 Å². The number of nitrogens with one attached hydrogen (secondary N) is 1. The van der Waals surface area contributed by atoms with Crippen molar-refractivity contribution in [2.75, 3.05) is 5.43 Å². The van der Waals surface area contributed by atoms with Gasteiger partial charge in [-0.1, -0.05) is 11.6 Å². The summed E-state index contributed by atoms with van der Waals surface area (Å²) in [5.41, 5.74) is 3.44. The zero-order valence-corrected chi connectivity index (χ0v) is 11.7. The van der Waals surface area contributed by atoms with E-state index in [1.807, 2.05) is 0 Å². The van der Waals surface area contributed by atoms with E-state index in [0.29, 0.717) is 16.3 Å². The smallest absolute Gasteiger partial charge is 0.270 e. The SMILES string of the molecule is O=[N+]([O-])c1ccc(N/N=C\c2cc([N+](=O)[O-])ccc2Cl)cc1. The van der Waals surface area contributed by atoms with Gasteiger partial charge in [-0.05, 0) is 18.2 Å². The van der Waals surface area contributed by atoms with Crippen LogP contribution in [0.25, 0.3) is 0 Å². The number of non-ortho nitro benzene ring substituents is 2. The minimum atomic E-state index is -0.530. The molecule has 9 heteroatoms. The predicted octanol–water partition coefficient (Wildman–Crippen LogP) is 3.60. The van der Waals surface area contributed by atoms with E-state index < -0.39 is 9.85 Å². The number of nitrogens with zero attached hydrogens (tertiary/aromatic N) is 3. The summed E-state index contributed by atoms with van der Waals surface area (Å²) in [6.45, 7) is 0. The largest absolute Gasteiger partial charge is 0.278 e. The summed E-state index contributed by atoms with van der Waals surface area (Å²) in [5, 5.41) is 25.4. The Morgan fingerprint density at radius 2 is 1.59 bits per heavy atom. The molecule has 0 unspecified atom stereocenters. The van der Waals surface area contributed by atoms with Crippen LogP contribution >= 0.6 is 11.6 Å². The molecule has 0 bridgehead atoms. The summed E-state index contributed by atoms with van der Waals surface area (Å²) in [6.07, 6.45) is 1.33. The minimum Gasteiger partial charge on any atom is -0.278 e. The van der Waals surface area contributed by atoms with Crippen molar-refractivity contribution in [2.24, 2.45) is 5.10 Å². The molecule has 0 saturated carbocycles. The first kappa shape index (κ1) is 15.4. The van der Waals surface area contributed by atoms with E-state index in [2.05, 4.69) is 10.5 Å². The summed E-state index contributed by atoms with van der Waals surface area (Å²) in [4.78, 5) is 20.2. The molecule has 1 N–H and O–H groups in total. The second kappa shape index (κ2) is 6.64. The maximum absolute atomic E-state index is 10.7. The maximum Gasteiger partial charge on any atom is 0.270 e. The highest BCUT2D eigenvalue weighted by Crippen LogP contribution is 2.21. The molecule has 0 aromatic heterocycles. The normalized spacial score (nSPS) is 10.6. The van der Waals surface area contributed by atoms with Gasteiger partial charge >= 0.3 is 0 Å². The first-order chi connectivity index (χ1) is 10.5. The third-order valence-corrected chi connectivity index (χ3v) is 3.01. The molecule has 0 heterocycles. The lowest BCUT2D eigenvalue weighted by Crippen LogP contribution is -1.94. The summed E-state index contributed by atoms with van der Waals surface area (Å²) < 4.78 is 0. The Labute approximate surface area is 129 Å². The molecular weight excluding hydrogens is 312 g/mol. The van der Waals surface area contributed by atoms with Crippen molar-refractivity contribution in [1.82, 2.24) is 0 Å². The van der Waals surface area contributed by atoms with E-state index in [-0.39, 0.29) is 11.4 Å². The standard InChI is InChI=1S/C13H9ClN4O4/c14-13-6-5-12(18(21)22)7-9(13)8-15-16-10-1-3-11(4-2-10)17(19)20/h1-8,16H/b15-8-. The van der Waals surface area contributed by atoms with Crippen LogP contribution in [0.5, 0.6) is 0 Å². The van der Waals surface area contributed by atoms with E-state index in [1.165, 1.54) is 48.7 Å². The second-order valence-electron chi connectivity index (χ2n) is 4.14. The van der Waals surface area contributed by atoms with Crippen LogP contribution in [0.15, 0.2) is 47.6 Å². The van der Waals surface area contributed by atoms with Gasteiger partial charge in [-0.25, -0.2) is 0 Å². The van der Waals surface area contributed by atoms with Crippen LogP contribution in [0, 0.1) is 20.2 Å². The molecule has 0 atom stereocenters. The zero-order valence-electron chi connectivity index (χ0n) is 11.0. The molecule has 0 aliphatic heterocycles. The molecule has 2 rings (SSSR count). The Balaban J connectivity index is 2.10. The Hall–Kier alpha value is -3.00. The van der Waals surface area contributed by atoms with E-state index in [9.17, 15) is 20.2 Å². The quantitative estimate of drug-likeness (QED) is 0.514. The van der Waals surface area contributed by atoms with E-state index in [4.69, 9.17) is 11.6 Å². The fourth-order valence-electron chi connectivity index (χ4n) is 1.58. The van der Waals surface area contributed by atoms with Crippen molar-refractivity contribution in [3.05, 3.63) is 73.3 Å². The minimum absolute atomic E-state index is 0.0312. The lowest BCUT2D eigenvalue weighted by Gasteiger charge is -2.00. The molecule has 0 aliphatic rings. The maximum atomic E-state index is 10.7. The third kappa shape index (κ3) is 3.76. The van der Waals surface area contributed by atoms with Crippen molar-refractivity contribution in [2.45, 2.75) is 0 Å². The number of hydrogen-bond donors (Lipinski definition) is 1. The van der Waals surface area contributed by atoms with E-state index in [1.54, 1.807) is 0 Å². The number of hydrogen-bond acceptors (Lipinski definition) is 6. The Morgan fingerprint density at radius 3 is 2.18 bits per heavy atom. The zero-order chi connectivity index (χ0) is 16.1. The molecule has 0 aliphatic carbocycles. The molecule has 0 amide bonds. The molecule has 0 fully saturated rings. The van der Waals surface area contributed by atoms with Crippen molar-refractivity contribution < 1.29 is 9.85 Å². The molecule has 0 spiro atoms. The van der Waals surface area contributed by atoms with Gasteiger partial charge in [0.1, 0.15) is 0 Å². The van der Waals surface area contributed by atoms with Gasteiger partial charge < -0.3 is 0 Å². The predicted molar refractivity (Wildman–Crippen MR) is 82.4 cm³/mol. The van der Waals surface area contributed by atoms with Gasteiger partial charge in [-0.3, -0.25) is 25.7 Å². The lowest BCUT2D eigenvalue weighted by atomic mass is 10.2. The fourth-order valence-corrected chi connectivity index (χ4v) is 1.74. The highest BCUT2D eigenvalue weighted by Gasteiger charge is 2.08. The molecular formula is C13H9ClN4O4. The summed E-state index contributed by atoms with van der Waals surface area (Å²) in [7, 11) is 0. The van der Waals surface area contributed by atoms with Crippen molar-refractivity contribution in [1.29, 1.82) is 0 Å². The van der Waals surface area contributed by atoms with Crippen LogP contribution in [-0.2, 0) is 0 Å². The Kier molecular flexibility index (Phi) is 4.64. The van der Waals surface area contributed by atoms with Crippen LogP contribution in [0.3, 0.4) is 0 Å². The van der Waals surface area contributed by atoms with Gasteiger partial charge in [-0.2, -0.15) is 5.10 Å². The number of halogens is 1. The molecule has 0 saturated heterocycles. The van der Waals surface area contributed by atoms with Crippen LogP contribution in [0.1, 0.15) is 5.56 Å². The highest BCUT2D eigenvalue weighted by atomic mass is 35.5. The third-order valence-electron chi connectivity index (χ3n) is 2.67. The average molecular weight is 321 g/mol. The monoisotopic (exact) mass is 320 g/mol. The van der Waals surface area contributed by atoms with Crippen LogP contribution in [0.4, 0.5) is 17.1 Å². The number of benzene rings is 2. The van der Waals surface area contributed by atoms with Gasteiger partial charge in [0.2, 0.25) is 0 Å².